The molecule has 1 aromatic carbocycles. The zero-order valence-corrected chi connectivity index (χ0v) is 19.9. The lowest BCUT2D eigenvalue weighted by atomic mass is 9.98. The van der Waals surface area contributed by atoms with E-state index in [4.69, 9.17) is 26.4 Å². The number of carbonyl (C=O) groups excluding carboxylic acids is 1. The molecule has 0 spiro atoms. The van der Waals surface area contributed by atoms with Crippen LogP contribution in [0.1, 0.15) is 38.7 Å². The number of likely N-dealkylation sites (tertiary alicyclic amines) is 1. The first-order valence-corrected chi connectivity index (χ1v) is 11.5. The minimum atomic E-state index is -0.156. The number of hydrogen-bond acceptors (Lipinski definition) is 5. The Morgan fingerprint density at radius 3 is 2.65 bits per heavy atom. The molecule has 31 heavy (non-hydrogen) atoms. The topological polar surface area (TPSA) is 63.3 Å². The van der Waals surface area contributed by atoms with E-state index in [1.165, 1.54) is 0 Å². The van der Waals surface area contributed by atoms with Gasteiger partial charge in [-0.05, 0) is 67.6 Å². The Kier molecular flexibility index (Phi) is 8.23. The summed E-state index contributed by atoms with van der Waals surface area (Å²) in [6.07, 6.45) is 3.44. The van der Waals surface area contributed by atoms with Crippen molar-refractivity contribution in [3.8, 4) is 11.5 Å². The number of methoxy groups -OCH3 is 2. The number of hydrogen-bond donors (Lipinski definition) is 1. The van der Waals surface area contributed by atoms with Gasteiger partial charge in [-0.25, -0.2) is 4.79 Å². The van der Waals surface area contributed by atoms with Gasteiger partial charge in [-0.2, -0.15) is 0 Å². The number of thiocarbonyl (C=S) groups is 1. The summed E-state index contributed by atoms with van der Waals surface area (Å²) in [4.78, 5) is 16.5. The highest BCUT2D eigenvalue weighted by molar-refractivity contribution is 7.80. The fourth-order valence-electron chi connectivity index (χ4n) is 4.48. The molecule has 2 aliphatic rings. The molecule has 7 nitrogen and oxygen atoms in total. The van der Waals surface area contributed by atoms with Crippen LogP contribution in [0.2, 0.25) is 0 Å². The number of nitrogens with zero attached hydrogens (tertiary/aromatic N) is 2. The maximum absolute atomic E-state index is 12.3. The predicted molar refractivity (Wildman–Crippen MR) is 125 cm³/mol. The number of piperidine rings is 1. The van der Waals surface area contributed by atoms with Crippen molar-refractivity contribution in [1.29, 1.82) is 0 Å². The molecule has 1 aromatic rings. The van der Waals surface area contributed by atoms with E-state index in [2.05, 4.69) is 24.1 Å². The molecular formula is C23H35N3O4S. The first kappa shape index (κ1) is 23.4. The molecule has 2 aliphatic heterocycles. The number of carbonyl (C=O) groups is 1. The van der Waals surface area contributed by atoms with Crippen LogP contribution in [-0.2, 0) is 11.2 Å². The second-order valence-electron chi connectivity index (χ2n) is 8.65. The minimum Gasteiger partial charge on any atom is -0.497 e. The normalized spacial score (nSPS) is 19.5. The molecule has 1 amide bonds. The first-order valence-electron chi connectivity index (χ1n) is 11.1. The van der Waals surface area contributed by atoms with Crippen molar-refractivity contribution in [3.05, 3.63) is 23.8 Å². The van der Waals surface area contributed by atoms with Gasteiger partial charge in [0, 0.05) is 25.7 Å². The van der Waals surface area contributed by atoms with E-state index < -0.39 is 0 Å². The van der Waals surface area contributed by atoms with Gasteiger partial charge in [0.2, 0.25) is 0 Å². The van der Waals surface area contributed by atoms with Crippen molar-refractivity contribution in [2.45, 2.75) is 51.6 Å². The van der Waals surface area contributed by atoms with Gasteiger partial charge in [0.1, 0.15) is 18.1 Å². The van der Waals surface area contributed by atoms with Gasteiger partial charge in [0.25, 0.3) is 0 Å². The second-order valence-corrected chi connectivity index (χ2v) is 9.03. The van der Waals surface area contributed by atoms with E-state index in [0.29, 0.717) is 12.5 Å². The second kappa shape index (κ2) is 10.9. The van der Waals surface area contributed by atoms with Gasteiger partial charge in [-0.15, -0.1) is 0 Å². The largest absolute Gasteiger partial charge is 0.497 e. The van der Waals surface area contributed by atoms with Crippen molar-refractivity contribution in [2.24, 2.45) is 5.92 Å². The van der Waals surface area contributed by atoms with Gasteiger partial charge >= 0.3 is 6.09 Å². The zero-order chi connectivity index (χ0) is 22.4. The molecular weight excluding hydrogens is 414 g/mol. The van der Waals surface area contributed by atoms with Crippen LogP contribution in [0, 0.1) is 5.92 Å². The summed E-state index contributed by atoms with van der Waals surface area (Å²) in [6.45, 7) is 7.31. The molecule has 0 bridgehead atoms. The lowest BCUT2D eigenvalue weighted by molar-refractivity contribution is 0.119. The highest BCUT2D eigenvalue weighted by Gasteiger charge is 2.39. The van der Waals surface area contributed by atoms with Crippen LogP contribution < -0.4 is 14.8 Å². The minimum absolute atomic E-state index is 0.156. The van der Waals surface area contributed by atoms with E-state index in [1.54, 1.807) is 14.2 Å². The number of ether oxygens (including phenoxy) is 3. The Hall–Kier alpha value is -2.22. The Balaban J connectivity index is 1.47. The summed E-state index contributed by atoms with van der Waals surface area (Å²) in [5.74, 6) is 2.21. The highest BCUT2D eigenvalue weighted by atomic mass is 32.1. The molecule has 2 saturated heterocycles. The highest BCUT2D eigenvalue weighted by Crippen LogP contribution is 2.27. The van der Waals surface area contributed by atoms with Gasteiger partial charge in [-0.3, -0.25) is 4.90 Å². The molecule has 1 N–H and O–H groups in total. The van der Waals surface area contributed by atoms with Gasteiger partial charge in [-0.1, -0.05) is 13.8 Å². The summed E-state index contributed by atoms with van der Waals surface area (Å²) in [7, 11) is 3.34. The molecule has 8 heteroatoms. The lowest BCUT2D eigenvalue weighted by Crippen LogP contribution is -2.51. The van der Waals surface area contributed by atoms with E-state index in [1.807, 2.05) is 23.1 Å². The van der Waals surface area contributed by atoms with Crippen LogP contribution in [-0.4, -0.2) is 73.5 Å². The average Bonchev–Trinajstić information content (AvgIpc) is 3.12. The van der Waals surface area contributed by atoms with E-state index in [-0.39, 0.29) is 18.2 Å². The predicted octanol–water partition coefficient (Wildman–Crippen LogP) is 3.45. The number of amides is 1. The molecule has 2 fully saturated rings. The Labute approximate surface area is 191 Å². The third-order valence-electron chi connectivity index (χ3n) is 6.05. The average molecular weight is 450 g/mol. The van der Waals surface area contributed by atoms with Crippen LogP contribution >= 0.6 is 12.2 Å². The van der Waals surface area contributed by atoms with E-state index in [0.717, 1.165) is 67.5 Å². The fraction of sp³-hybridized carbons (Fsp3) is 0.652. The van der Waals surface area contributed by atoms with Crippen molar-refractivity contribution in [3.63, 3.8) is 0 Å². The van der Waals surface area contributed by atoms with Crippen molar-refractivity contribution >= 4 is 23.4 Å². The maximum Gasteiger partial charge on any atom is 0.410 e. The van der Waals surface area contributed by atoms with Gasteiger partial charge in [0.15, 0.2) is 5.11 Å². The van der Waals surface area contributed by atoms with Crippen LogP contribution in [0.15, 0.2) is 18.2 Å². The Morgan fingerprint density at radius 2 is 2.00 bits per heavy atom. The van der Waals surface area contributed by atoms with Gasteiger partial charge < -0.3 is 24.4 Å². The standard InChI is InChI=1S/C23H35N3O4S/c1-16(2)13-19-15-30-23(27)26(19)18-8-11-25(12-9-18)22(31)24-10-7-17-14-20(28-3)5-6-21(17)29-4/h5-6,14,16,18-19H,7-13,15H2,1-4H3,(H,24,31). The van der Waals surface area contributed by atoms with Crippen molar-refractivity contribution in [1.82, 2.24) is 15.1 Å². The molecule has 0 aliphatic carbocycles. The monoisotopic (exact) mass is 449 g/mol. The fourth-order valence-corrected chi connectivity index (χ4v) is 4.77. The van der Waals surface area contributed by atoms with Crippen LogP contribution in [0.25, 0.3) is 0 Å². The summed E-state index contributed by atoms with van der Waals surface area (Å²) in [6, 6.07) is 6.25. The maximum atomic E-state index is 12.3. The number of cyclic esters (lactones) is 1. The number of rotatable bonds is 8. The molecule has 3 rings (SSSR count). The summed E-state index contributed by atoms with van der Waals surface area (Å²) < 4.78 is 16.1. The van der Waals surface area contributed by atoms with Crippen LogP contribution in [0.5, 0.6) is 11.5 Å². The summed E-state index contributed by atoms with van der Waals surface area (Å²) >= 11 is 5.63. The number of benzene rings is 1. The van der Waals surface area contributed by atoms with Crippen molar-refractivity contribution < 1.29 is 19.0 Å². The summed E-state index contributed by atoms with van der Waals surface area (Å²) in [5.41, 5.74) is 1.08. The molecule has 0 aromatic heterocycles. The third kappa shape index (κ3) is 5.93. The quantitative estimate of drug-likeness (QED) is 0.610. The van der Waals surface area contributed by atoms with Gasteiger partial charge in [0.05, 0.1) is 20.3 Å². The Morgan fingerprint density at radius 1 is 1.26 bits per heavy atom. The lowest BCUT2D eigenvalue weighted by Gasteiger charge is -2.39. The Bertz CT molecular complexity index is 765. The zero-order valence-electron chi connectivity index (χ0n) is 19.1. The third-order valence-corrected chi connectivity index (χ3v) is 6.45. The first-order chi connectivity index (χ1) is 14.9. The molecule has 2 heterocycles. The van der Waals surface area contributed by atoms with Crippen LogP contribution in [0.4, 0.5) is 4.79 Å². The number of nitrogens with one attached hydrogen (secondary N) is 1. The molecule has 1 atom stereocenters. The van der Waals surface area contributed by atoms with E-state index >= 15 is 0 Å². The smallest absolute Gasteiger partial charge is 0.410 e. The van der Waals surface area contributed by atoms with E-state index in [9.17, 15) is 4.79 Å². The SMILES string of the molecule is COc1ccc(OC)c(CCNC(=S)N2CCC(N3C(=O)OCC3CC(C)C)CC2)c1. The molecule has 0 saturated carbocycles. The van der Waals surface area contributed by atoms with Crippen LogP contribution in [0.3, 0.4) is 0 Å². The molecule has 172 valence electrons. The van der Waals surface area contributed by atoms with Crippen molar-refractivity contribution in [2.75, 3.05) is 40.5 Å². The molecule has 0 radical (unpaired) electrons. The molecule has 1 unspecified atom stereocenters. The summed E-state index contributed by atoms with van der Waals surface area (Å²) in [5, 5.41) is 4.14.